The van der Waals surface area contributed by atoms with Gasteiger partial charge in [-0.3, -0.25) is 4.79 Å². The molecule has 1 amide bonds. The zero-order valence-corrected chi connectivity index (χ0v) is 17.5. The van der Waals surface area contributed by atoms with E-state index in [0.717, 1.165) is 24.6 Å². The molecule has 3 rings (SSSR count). The number of anilines is 1. The fourth-order valence-corrected chi connectivity index (χ4v) is 3.65. The van der Waals surface area contributed by atoms with E-state index >= 15 is 0 Å². The Hall–Kier alpha value is -2.56. The minimum absolute atomic E-state index is 0.0994. The maximum Gasteiger partial charge on any atom is 0.261 e. The molecular weight excluding hydrogens is 367 g/mol. The molecule has 1 N–H and O–H groups in total. The highest BCUT2D eigenvalue weighted by atomic mass is 19.1. The van der Waals surface area contributed by atoms with Crippen LogP contribution in [-0.2, 0) is 4.79 Å². The van der Waals surface area contributed by atoms with Crippen LogP contribution in [0.15, 0.2) is 48.5 Å². The van der Waals surface area contributed by atoms with Crippen molar-refractivity contribution in [2.45, 2.75) is 52.2 Å². The molecule has 1 heterocycles. The van der Waals surface area contributed by atoms with Crippen LogP contribution in [-0.4, -0.2) is 25.1 Å². The molecule has 2 aromatic rings. The highest BCUT2D eigenvalue weighted by Crippen LogP contribution is 2.25. The fraction of sp³-hybridized carbons (Fsp3) is 0.458. The van der Waals surface area contributed by atoms with Gasteiger partial charge in [-0.15, -0.1) is 0 Å². The van der Waals surface area contributed by atoms with Crippen molar-refractivity contribution in [1.82, 2.24) is 5.32 Å². The van der Waals surface area contributed by atoms with Gasteiger partial charge in [-0.1, -0.05) is 38.1 Å². The van der Waals surface area contributed by atoms with Gasteiger partial charge in [0.15, 0.2) is 17.7 Å². The van der Waals surface area contributed by atoms with Gasteiger partial charge in [0.2, 0.25) is 0 Å². The van der Waals surface area contributed by atoms with Crippen molar-refractivity contribution < 1.29 is 13.9 Å². The first kappa shape index (κ1) is 21.2. The molecule has 0 aliphatic carbocycles. The molecule has 0 spiro atoms. The number of nitrogens with zero attached hydrogens (tertiary/aromatic N) is 1. The quantitative estimate of drug-likeness (QED) is 0.706. The molecule has 1 fully saturated rings. The number of hydrogen-bond acceptors (Lipinski definition) is 3. The van der Waals surface area contributed by atoms with Crippen molar-refractivity contribution in [2.24, 2.45) is 5.92 Å². The van der Waals surface area contributed by atoms with Gasteiger partial charge in [0.25, 0.3) is 5.91 Å². The van der Waals surface area contributed by atoms with Gasteiger partial charge in [0.05, 0.1) is 6.04 Å². The van der Waals surface area contributed by atoms with Crippen molar-refractivity contribution in [3.63, 3.8) is 0 Å². The number of halogens is 1. The molecule has 2 atom stereocenters. The van der Waals surface area contributed by atoms with E-state index in [0.29, 0.717) is 6.42 Å². The molecule has 1 saturated heterocycles. The summed E-state index contributed by atoms with van der Waals surface area (Å²) in [5.41, 5.74) is 2.27. The van der Waals surface area contributed by atoms with Crippen molar-refractivity contribution >= 4 is 11.6 Å². The molecule has 4 nitrogen and oxygen atoms in total. The Labute approximate surface area is 173 Å². The van der Waals surface area contributed by atoms with Crippen LogP contribution < -0.4 is 15.0 Å². The highest BCUT2D eigenvalue weighted by molar-refractivity contribution is 5.81. The van der Waals surface area contributed by atoms with Gasteiger partial charge in [-0.05, 0) is 61.9 Å². The largest absolute Gasteiger partial charge is 0.478 e. The van der Waals surface area contributed by atoms with Crippen LogP contribution in [0.25, 0.3) is 0 Å². The predicted octanol–water partition coefficient (Wildman–Crippen LogP) is 5.10. The van der Waals surface area contributed by atoms with Crippen LogP contribution in [0, 0.1) is 11.7 Å². The van der Waals surface area contributed by atoms with Crippen molar-refractivity contribution in [2.75, 3.05) is 18.0 Å². The lowest BCUT2D eigenvalue weighted by Gasteiger charge is -2.32. The first-order valence-electron chi connectivity index (χ1n) is 10.5. The molecule has 1 aliphatic rings. The van der Waals surface area contributed by atoms with Crippen molar-refractivity contribution in [3.05, 3.63) is 59.9 Å². The van der Waals surface area contributed by atoms with Crippen LogP contribution >= 0.6 is 0 Å². The Morgan fingerprint density at radius 3 is 2.45 bits per heavy atom. The molecule has 0 unspecified atom stereocenters. The van der Waals surface area contributed by atoms with Crippen LogP contribution in [0.5, 0.6) is 5.75 Å². The second kappa shape index (κ2) is 9.77. The maximum atomic E-state index is 13.8. The predicted molar refractivity (Wildman–Crippen MR) is 115 cm³/mol. The van der Waals surface area contributed by atoms with E-state index in [9.17, 15) is 9.18 Å². The fourth-order valence-electron chi connectivity index (χ4n) is 3.65. The van der Waals surface area contributed by atoms with Gasteiger partial charge in [0, 0.05) is 18.8 Å². The summed E-state index contributed by atoms with van der Waals surface area (Å²) < 4.78 is 19.4. The number of ether oxygens (including phenoxy) is 1. The molecular formula is C24H31FN2O2. The summed E-state index contributed by atoms with van der Waals surface area (Å²) in [6.07, 6.45) is 2.19. The van der Waals surface area contributed by atoms with E-state index in [2.05, 4.69) is 41.4 Å². The summed E-state index contributed by atoms with van der Waals surface area (Å²) in [6.45, 7) is 8.30. The molecule has 2 aromatic carbocycles. The molecule has 0 bridgehead atoms. The summed E-state index contributed by atoms with van der Waals surface area (Å²) in [5, 5.41) is 2.99. The summed E-state index contributed by atoms with van der Waals surface area (Å²) in [5.74, 6) is 0.202. The summed E-state index contributed by atoms with van der Waals surface area (Å²) in [7, 11) is 0. The maximum absolute atomic E-state index is 13.8. The van der Waals surface area contributed by atoms with Crippen molar-refractivity contribution in [1.29, 1.82) is 0 Å². The third-order valence-corrected chi connectivity index (χ3v) is 5.67. The highest BCUT2D eigenvalue weighted by Gasteiger charge is 2.22. The van der Waals surface area contributed by atoms with Gasteiger partial charge in [-0.2, -0.15) is 0 Å². The molecule has 1 aliphatic heterocycles. The van der Waals surface area contributed by atoms with Crippen LogP contribution in [0.1, 0.15) is 51.6 Å². The number of benzene rings is 2. The Morgan fingerprint density at radius 1 is 1.17 bits per heavy atom. The Kier molecular flexibility index (Phi) is 7.13. The molecule has 0 radical (unpaired) electrons. The lowest BCUT2D eigenvalue weighted by atomic mass is 9.98. The monoisotopic (exact) mass is 398 g/mol. The molecule has 5 heteroatoms. The van der Waals surface area contributed by atoms with Crippen molar-refractivity contribution in [3.8, 4) is 5.75 Å². The zero-order chi connectivity index (χ0) is 20.8. The number of carbonyl (C=O) groups is 1. The van der Waals surface area contributed by atoms with E-state index in [-0.39, 0.29) is 17.7 Å². The SMILES string of the molecule is CC[C@H](Oc1ccccc1F)C(=O)N[C@H](C)c1ccc(N2CCC(C)CC2)cc1. The molecule has 0 aromatic heterocycles. The summed E-state index contributed by atoms with van der Waals surface area (Å²) in [4.78, 5) is 15.1. The number of hydrogen-bond donors (Lipinski definition) is 1. The Morgan fingerprint density at radius 2 is 1.83 bits per heavy atom. The average molecular weight is 399 g/mol. The number of nitrogens with one attached hydrogen (secondary N) is 1. The topological polar surface area (TPSA) is 41.6 Å². The van der Waals surface area contributed by atoms with E-state index in [1.54, 1.807) is 12.1 Å². The number of amides is 1. The Bertz CT molecular complexity index is 801. The second-order valence-corrected chi connectivity index (χ2v) is 7.94. The minimum atomic E-state index is -0.732. The number of para-hydroxylation sites is 1. The van der Waals surface area contributed by atoms with Crippen LogP contribution in [0.2, 0.25) is 0 Å². The zero-order valence-electron chi connectivity index (χ0n) is 17.5. The third-order valence-electron chi connectivity index (χ3n) is 5.67. The minimum Gasteiger partial charge on any atom is -0.478 e. The number of piperidine rings is 1. The van der Waals surface area contributed by atoms with Gasteiger partial charge in [-0.25, -0.2) is 4.39 Å². The van der Waals surface area contributed by atoms with Crippen LogP contribution in [0.4, 0.5) is 10.1 Å². The lowest BCUT2D eigenvalue weighted by Crippen LogP contribution is -2.39. The standard InChI is InChI=1S/C24H31FN2O2/c1-4-22(29-23-8-6-5-7-21(23)25)24(28)26-18(3)19-9-11-20(12-10-19)27-15-13-17(2)14-16-27/h5-12,17-18,22H,4,13-16H2,1-3H3,(H,26,28)/t18-,22+/m1/s1. The first-order valence-corrected chi connectivity index (χ1v) is 10.5. The second-order valence-electron chi connectivity index (χ2n) is 7.94. The van der Waals surface area contributed by atoms with E-state index in [1.807, 2.05) is 13.8 Å². The van der Waals surface area contributed by atoms with Gasteiger partial charge < -0.3 is 15.0 Å². The normalized spacial score (nSPS) is 16.9. The first-order chi connectivity index (χ1) is 14.0. The Balaban J connectivity index is 1.59. The molecule has 156 valence electrons. The van der Waals surface area contributed by atoms with E-state index in [1.165, 1.54) is 30.7 Å². The summed E-state index contributed by atoms with van der Waals surface area (Å²) in [6, 6.07) is 14.4. The van der Waals surface area contributed by atoms with Gasteiger partial charge >= 0.3 is 0 Å². The lowest BCUT2D eigenvalue weighted by molar-refractivity contribution is -0.128. The smallest absolute Gasteiger partial charge is 0.261 e. The molecule has 0 saturated carbocycles. The number of carbonyl (C=O) groups excluding carboxylic acids is 1. The average Bonchev–Trinajstić information content (AvgIpc) is 2.73. The molecule has 29 heavy (non-hydrogen) atoms. The van der Waals surface area contributed by atoms with E-state index < -0.39 is 11.9 Å². The number of rotatable bonds is 7. The van der Waals surface area contributed by atoms with Crippen LogP contribution in [0.3, 0.4) is 0 Å². The third kappa shape index (κ3) is 5.49. The summed E-state index contributed by atoms with van der Waals surface area (Å²) >= 11 is 0. The van der Waals surface area contributed by atoms with Gasteiger partial charge in [0.1, 0.15) is 0 Å². The van der Waals surface area contributed by atoms with E-state index in [4.69, 9.17) is 4.74 Å².